The molecule has 0 aromatic heterocycles. The molecule has 0 radical (unpaired) electrons. The van der Waals surface area contributed by atoms with Gasteiger partial charge in [-0.25, -0.2) is 0 Å². The maximum Gasteiger partial charge on any atom is 0.132 e. The van der Waals surface area contributed by atoms with Gasteiger partial charge in [-0.05, 0) is 58.0 Å². The Balaban J connectivity index is 1.57. The number of piperazine rings is 1. The average molecular weight is 589 g/mol. The van der Waals surface area contributed by atoms with E-state index in [0.717, 1.165) is 46.8 Å². The van der Waals surface area contributed by atoms with Crippen molar-refractivity contribution >= 4 is 34.2 Å². The van der Waals surface area contributed by atoms with E-state index in [1.807, 2.05) is 18.2 Å². The standard InChI is InChI=1S/C25H34ClIN2O4/c1-25(2,19-5-8-24(23(27)13-19)33-16-20(30)14-26)18-3-6-22(7-4-18)32-17-21(31)15-29-11-9-28-10-12-29/h3-8,13,20-21,28,30-31H,9-12,14-17H2,1-2H3/t20-,21-/m1/s1. The Bertz CT molecular complexity index is 875. The molecule has 0 amide bonds. The Morgan fingerprint density at radius 2 is 1.64 bits per heavy atom. The second-order valence-corrected chi connectivity index (χ2v) is 10.4. The van der Waals surface area contributed by atoms with Gasteiger partial charge in [0, 0.05) is 38.1 Å². The lowest BCUT2D eigenvalue weighted by molar-refractivity contribution is 0.0641. The molecule has 0 bridgehead atoms. The third kappa shape index (κ3) is 7.70. The first-order valence-electron chi connectivity index (χ1n) is 11.3. The van der Waals surface area contributed by atoms with E-state index in [4.69, 9.17) is 21.1 Å². The van der Waals surface area contributed by atoms with Crippen molar-refractivity contribution in [3.63, 3.8) is 0 Å². The Morgan fingerprint density at radius 1 is 1.00 bits per heavy atom. The van der Waals surface area contributed by atoms with Gasteiger partial charge in [0.15, 0.2) is 0 Å². The summed E-state index contributed by atoms with van der Waals surface area (Å²) in [6, 6.07) is 14.2. The van der Waals surface area contributed by atoms with Crippen molar-refractivity contribution in [3.05, 3.63) is 57.2 Å². The van der Waals surface area contributed by atoms with E-state index in [9.17, 15) is 10.2 Å². The molecule has 1 aliphatic heterocycles. The van der Waals surface area contributed by atoms with Crippen LogP contribution < -0.4 is 14.8 Å². The molecular formula is C25H34ClIN2O4. The highest BCUT2D eigenvalue weighted by Gasteiger charge is 2.24. The van der Waals surface area contributed by atoms with Crippen LogP contribution in [0.4, 0.5) is 0 Å². The van der Waals surface area contributed by atoms with E-state index in [2.05, 4.69) is 70.9 Å². The second kappa shape index (κ2) is 12.6. The van der Waals surface area contributed by atoms with Crippen LogP contribution >= 0.6 is 34.2 Å². The van der Waals surface area contributed by atoms with E-state index in [1.54, 1.807) is 0 Å². The lowest BCUT2D eigenvalue weighted by Crippen LogP contribution is -2.47. The highest BCUT2D eigenvalue weighted by molar-refractivity contribution is 14.1. The van der Waals surface area contributed by atoms with Crippen molar-refractivity contribution in [2.75, 3.05) is 51.8 Å². The van der Waals surface area contributed by atoms with Gasteiger partial charge < -0.3 is 25.0 Å². The number of rotatable bonds is 11. The van der Waals surface area contributed by atoms with Gasteiger partial charge in [-0.2, -0.15) is 0 Å². The number of β-amino-alcohol motifs (C(OH)–C–C–N with tert-alkyl or cyclic N) is 1. The number of hydrogen-bond donors (Lipinski definition) is 3. The molecule has 2 aromatic rings. The number of aliphatic hydroxyl groups excluding tert-OH is 2. The van der Waals surface area contributed by atoms with Crippen molar-refractivity contribution in [1.29, 1.82) is 0 Å². The molecule has 2 atom stereocenters. The van der Waals surface area contributed by atoms with Crippen molar-refractivity contribution in [2.24, 2.45) is 0 Å². The number of nitrogens with one attached hydrogen (secondary N) is 1. The van der Waals surface area contributed by atoms with Crippen LogP contribution in [0, 0.1) is 3.57 Å². The number of hydrogen-bond acceptors (Lipinski definition) is 6. The molecular weight excluding hydrogens is 555 g/mol. The molecule has 2 aromatic carbocycles. The summed E-state index contributed by atoms with van der Waals surface area (Å²) < 4.78 is 12.5. The molecule has 1 aliphatic rings. The Hall–Kier alpha value is -1.10. The minimum absolute atomic E-state index is 0.149. The molecule has 3 N–H and O–H groups in total. The van der Waals surface area contributed by atoms with Crippen LogP contribution in [-0.4, -0.2) is 79.1 Å². The summed E-state index contributed by atoms with van der Waals surface area (Å²) in [5.74, 6) is 1.64. The normalized spacial score (nSPS) is 16.9. The van der Waals surface area contributed by atoms with Crippen LogP contribution in [0.5, 0.6) is 11.5 Å². The van der Waals surface area contributed by atoms with Crippen LogP contribution in [0.1, 0.15) is 25.0 Å². The van der Waals surface area contributed by atoms with E-state index in [-0.39, 0.29) is 24.5 Å². The number of alkyl halides is 1. The third-order valence-electron chi connectivity index (χ3n) is 5.96. The molecule has 6 nitrogen and oxygen atoms in total. The predicted octanol–water partition coefficient (Wildman–Crippen LogP) is 3.24. The van der Waals surface area contributed by atoms with Gasteiger partial charge in [0.05, 0.1) is 9.45 Å². The third-order valence-corrected chi connectivity index (χ3v) is 7.16. The van der Waals surface area contributed by atoms with Gasteiger partial charge in [-0.1, -0.05) is 32.0 Å². The molecule has 3 rings (SSSR count). The monoisotopic (exact) mass is 588 g/mol. The molecule has 182 valence electrons. The first-order chi connectivity index (χ1) is 15.8. The number of aliphatic hydroxyl groups is 2. The molecule has 0 spiro atoms. The highest BCUT2D eigenvalue weighted by atomic mass is 127. The summed E-state index contributed by atoms with van der Waals surface area (Å²) in [6.07, 6.45) is -1.19. The average Bonchev–Trinajstić information content (AvgIpc) is 2.82. The summed E-state index contributed by atoms with van der Waals surface area (Å²) in [6.45, 7) is 9.32. The molecule has 1 saturated heterocycles. The minimum atomic E-state index is -0.678. The molecule has 0 aliphatic carbocycles. The van der Waals surface area contributed by atoms with Crippen LogP contribution in [-0.2, 0) is 5.41 Å². The summed E-state index contributed by atoms with van der Waals surface area (Å²) >= 11 is 7.90. The highest BCUT2D eigenvalue weighted by Crippen LogP contribution is 2.35. The zero-order valence-electron chi connectivity index (χ0n) is 19.3. The second-order valence-electron chi connectivity index (χ2n) is 8.93. The van der Waals surface area contributed by atoms with Crippen molar-refractivity contribution in [2.45, 2.75) is 31.5 Å². The summed E-state index contributed by atoms with van der Waals surface area (Å²) in [4.78, 5) is 2.26. The SMILES string of the molecule is CC(C)(c1ccc(OC[C@H](O)CN2CCNCC2)cc1)c1ccc(OC[C@H](O)CCl)c(I)c1. The fourth-order valence-corrected chi connectivity index (χ4v) is 4.57. The first kappa shape index (κ1) is 26.5. The van der Waals surface area contributed by atoms with E-state index >= 15 is 0 Å². The number of halogens is 2. The number of ether oxygens (including phenoxy) is 2. The fraction of sp³-hybridized carbons (Fsp3) is 0.520. The quantitative estimate of drug-likeness (QED) is 0.277. The number of benzene rings is 2. The molecule has 0 unspecified atom stereocenters. The Kier molecular flexibility index (Phi) is 10.1. The first-order valence-corrected chi connectivity index (χ1v) is 12.9. The van der Waals surface area contributed by atoms with Gasteiger partial charge in [-0.15, -0.1) is 11.6 Å². The van der Waals surface area contributed by atoms with Crippen molar-refractivity contribution < 1.29 is 19.7 Å². The summed E-state index contributed by atoms with van der Waals surface area (Å²) in [7, 11) is 0. The van der Waals surface area contributed by atoms with Crippen LogP contribution in [0.2, 0.25) is 0 Å². The van der Waals surface area contributed by atoms with Gasteiger partial charge in [0.2, 0.25) is 0 Å². The van der Waals surface area contributed by atoms with Crippen LogP contribution in [0.15, 0.2) is 42.5 Å². The predicted molar refractivity (Wildman–Crippen MR) is 141 cm³/mol. The van der Waals surface area contributed by atoms with E-state index in [0.29, 0.717) is 6.54 Å². The minimum Gasteiger partial charge on any atom is -0.491 e. The Labute approximate surface area is 215 Å². The van der Waals surface area contributed by atoms with Crippen molar-refractivity contribution in [1.82, 2.24) is 10.2 Å². The van der Waals surface area contributed by atoms with E-state index in [1.165, 1.54) is 5.56 Å². The lowest BCUT2D eigenvalue weighted by atomic mass is 9.78. The topological polar surface area (TPSA) is 74.2 Å². The molecule has 33 heavy (non-hydrogen) atoms. The van der Waals surface area contributed by atoms with Crippen molar-refractivity contribution in [3.8, 4) is 11.5 Å². The van der Waals surface area contributed by atoms with Gasteiger partial charge in [0.25, 0.3) is 0 Å². The maximum atomic E-state index is 10.3. The van der Waals surface area contributed by atoms with Gasteiger partial charge in [-0.3, -0.25) is 4.90 Å². The summed E-state index contributed by atoms with van der Waals surface area (Å²) in [5.41, 5.74) is 2.12. The molecule has 8 heteroatoms. The lowest BCUT2D eigenvalue weighted by Gasteiger charge is -2.29. The summed E-state index contributed by atoms with van der Waals surface area (Å²) in [5, 5.41) is 23.2. The molecule has 0 saturated carbocycles. The zero-order chi connectivity index (χ0) is 23.8. The molecule has 1 fully saturated rings. The van der Waals surface area contributed by atoms with Gasteiger partial charge in [0.1, 0.15) is 36.9 Å². The van der Waals surface area contributed by atoms with Crippen LogP contribution in [0.3, 0.4) is 0 Å². The smallest absolute Gasteiger partial charge is 0.132 e. The fourth-order valence-electron chi connectivity index (χ4n) is 3.81. The van der Waals surface area contributed by atoms with Crippen LogP contribution in [0.25, 0.3) is 0 Å². The largest absolute Gasteiger partial charge is 0.491 e. The van der Waals surface area contributed by atoms with Gasteiger partial charge >= 0.3 is 0 Å². The van der Waals surface area contributed by atoms with E-state index < -0.39 is 12.2 Å². The zero-order valence-corrected chi connectivity index (χ0v) is 22.2. The maximum absolute atomic E-state index is 10.3. The number of nitrogens with zero attached hydrogens (tertiary/aromatic N) is 1. The molecule has 1 heterocycles. The Morgan fingerprint density at radius 3 is 2.27 bits per heavy atom.